The second kappa shape index (κ2) is 11.0. The molecule has 1 N–H and O–H groups in total. The zero-order chi connectivity index (χ0) is 26.9. The minimum absolute atomic E-state index is 0.0441. The number of nitrogens with zero attached hydrogens (tertiary/aromatic N) is 2. The van der Waals surface area contributed by atoms with Crippen LogP contribution in [0.15, 0.2) is 69.1 Å². The molecule has 0 spiro atoms. The smallest absolute Gasteiger partial charge is 0.335 e. The molecule has 0 aromatic heterocycles. The third-order valence-electron chi connectivity index (χ3n) is 5.13. The van der Waals surface area contributed by atoms with Gasteiger partial charge in [-0.1, -0.05) is 39.1 Å². The van der Waals surface area contributed by atoms with E-state index in [0.29, 0.717) is 25.8 Å². The van der Waals surface area contributed by atoms with Crippen molar-refractivity contribution in [3.8, 4) is 5.75 Å². The normalized spacial score (nSPS) is 14.6. The van der Waals surface area contributed by atoms with Gasteiger partial charge in [-0.15, -0.1) is 0 Å². The number of nitrogens with one attached hydrogen (secondary N) is 1. The molecular formula is C24H13Br2Cl2N3O6. The number of nitro groups is 1. The van der Waals surface area contributed by atoms with E-state index in [9.17, 15) is 24.5 Å². The van der Waals surface area contributed by atoms with Crippen molar-refractivity contribution >= 4 is 90.4 Å². The number of hydrogen-bond donors (Lipinski definition) is 1. The van der Waals surface area contributed by atoms with Crippen molar-refractivity contribution in [1.29, 1.82) is 0 Å². The first-order valence-electron chi connectivity index (χ1n) is 10.3. The van der Waals surface area contributed by atoms with Crippen LogP contribution in [0.4, 0.5) is 16.2 Å². The molecular weight excluding hydrogens is 657 g/mol. The van der Waals surface area contributed by atoms with E-state index in [1.54, 1.807) is 24.3 Å². The van der Waals surface area contributed by atoms with Crippen molar-refractivity contribution in [3.63, 3.8) is 0 Å². The molecule has 4 rings (SSSR count). The van der Waals surface area contributed by atoms with Gasteiger partial charge in [0.1, 0.15) is 17.9 Å². The molecule has 0 radical (unpaired) electrons. The van der Waals surface area contributed by atoms with Gasteiger partial charge >= 0.3 is 6.03 Å². The van der Waals surface area contributed by atoms with E-state index in [1.807, 2.05) is 0 Å². The second-order valence-electron chi connectivity index (χ2n) is 7.57. The average molecular weight is 670 g/mol. The summed E-state index contributed by atoms with van der Waals surface area (Å²) in [5.74, 6) is -1.46. The van der Waals surface area contributed by atoms with Crippen LogP contribution in [0, 0.1) is 10.1 Å². The number of hydrogen-bond acceptors (Lipinski definition) is 6. The molecule has 188 valence electrons. The number of non-ortho nitro benzene ring substituents is 1. The average Bonchev–Trinajstić information content (AvgIpc) is 2.83. The number of anilines is 1. The zero-order valence-corrected chi connectivity index (χ0v) is 23.0. The molecule has 37 heavy (non-hydrogen) atoms. The van der Waals surface area contributed by atoms with Crippen LogP contribution >= 0.6 is 55.1 Å². The second-order valence-corrected chi connectivity index (χ2v) is 10.2. The first kappa shape index (κ1) is 26.8. The third-order valence-corrected chi connectivity index (χ3v) is 6.92. The highest BCUT2D eigenvalue weighted by Crippen LogP contribution is 2.36. The van der Waals surface area contributed by atoms with E-state index in [1.165, 1.54) is 36.4 Å². The molecule has 0 bridgehead atoms. The van der Waals surface area contributed by atoms with Crippen LogP contribution in [0.1, 0.15) is 11.1 Å². The Labute approximate surface area is 236 Å². The molecule has 0 unspecified atom stereocenters. The van der Waals surface area contributed by atoms with Crippen molar-refractivity contribution in [2.24, 2.45) is 0 Å². The summed E-state index contributed by atoms with van der Waals surface area (Å²) in [7, 11) is 0. The summed E-state index contributed by atoms with van der Waals surface area (Å²) in [5, 5.41) is 13.4. The fourth-order valence-electron chi connectivity index (χ4n) is 3.38. The van der Waals surface area contributed by atoms with E-state index in [0.717, 1.165) is 4.90 Å². The highest BCUT2D eigenvalue weighted by atomic mass is 79.9. The van der Waals surface area contributed by atoms with Crippen LogP contribution < -0.4 is 15.0 Å². The molecule has 1 aliphatic heterocycles. The minimum atomic E-state index is -0.935. The lowest BCUT2D eigenvalue weighted by Crippen LogP contribution is -2.54. The van der Waals surface area contributed by atoms with Gasteiger partial charge < -0.3 is 4.74 Å². The van der Waals surface area contributed by atoms with Gasteiger partial charge in [0, 0.05) is 22.2 Å². The number of imide groups is 2. The highest BCUT2D eigenvalue weighted by molar-refractivity contribution is 9.11. The maximum atomic E-state index is 13.3. The number of carbonyl (C=O) groups excluding carboxylic acids is 3. The molecule has 3 aromatic carbocycles. The summed E-state index contributed by atoms with van der Waals surface area (Å²) in [6, 6.07) is 12.4. The van der Waals surface area contributed by atoms with Crippen molar-refractivity contribution in [1.82, 2.24) is 5.32 Å². The zero-order valence-electron chi connectivity index (χ0n) is 18.3. The summed E-state index contributed by atoms with van der Waals surface area (Å²) >= 11 is 18.8. The Kier molecular flexibility index (Phi) is 7.98. The molecule has 1 aliphatic rings. The van der Waals surface area contributed by atoms with Crippen LogP contribution in [0.25, 0.3) is 6.08 Å². The van der Waals surface area contributed by atoms with Gasteiger partial charge in [-0.3, -0.25) is 25.0 Å². The predicted octanol–water partition coefficient (Wildman–Crippen LogP) is 6.67. The Balaban J connectivity index is 1.69. The maximum Gasteiger partial charge on any atom is 0.335 e. The largest absolute Gasteiger partial charge is 0.487 e. The van der Waals surface area contributed by atoms with Crippen molar-refractivity contribution in [2.75, 3.05) is 4.90 Å². The third kappa shape index (κ3) is 5.85. The molecule has 9 nitrogen and oxygen atoms in total. The van der Waals surface area contributed by atoms with Gasteiger partial charge in [0.25, 0.3) is 17.5 Å². The predicted molar refractivity (Wildman–Crippen MR) is 145 cm³/mol. The van der Waals surface area contributed by atoms with Crippen LogP contribution in [-0.2, 0) is 16.2 Å². The van der Waals surface area contributed by atoms with Crippen molar-refractivity contribution < 1.29 is 24.0 Å². The molecule has 4 amide bonds. The highest BCUT2D eigenvalue weighted by Gasteiger charge is 2.37. The topological polar surface area (TPSA) is 119 Å². The van der Waals surface area contributed by atoms with Gasteiger partial charge in [-0.05, 0) is 70.0 Å². The molecule has 1 heterocycles. The van der Waals surface area contributed by atoms with E-state index in [4.69, 9.17) is 27.9 Å². The minimum Gasteiger partial charge on any atom is -0.487 e. The number of halogens is 4. The number of benzene rings is 3. The number of carbonyl (C=O) groups is 3. The molecule has 1 fully saturated rings. The Hall–Kier alpha value is -3.25. The lowest BCUT2D eigenvalue weighted by atomic mass is 10.1. The van der Waals surface area contributed by atoms with Crippen LogP contribution in [0.3, 0.4) is 0 Å². The van der Waals surface area contributed by atoms with E-state index >= 15 is 0 Å². The SMILES string of the molecule is O=C1NC(=O)N(c2ccc(Cl)c(Cl)c2)C(=O)/C1=C/c1cc(Br)cc(Br)c1OCc1ccc([N+](=O)[O-])cc1. The fourth-order valence-corrected chi connectivity index (χ4v) is 5.05. The molecule has 0 saturated carbocycles. The Morgan fingerprint density at radius 3 is 2.35 bits per heavy atom. The van der Waals surface area contributed by atoms with Crippen LogP contribution in [-0.4, -0.2) is 22.8 Å². The van der Waals surface area contributed by atoms with Gasteiger partial charge in [0.15, 0.2) is 0 Å². The molecule has 1 saturated heterocycles. The maximum absolute atomic E-state index is 13.3. The van der Waals surface area contributed by atoms with Gasteiger partial charge in [-0.2, -0.15) is 0 Å². The molecule has 0 aliphatic carbocycles. The Bertz CT molecular complexity index is 1490. The number of barbiturate groups is 1. The lowest BCUT2D eigenvalue weighted by molar-refractivity contribution is -0.384. The van der Waals surface area contributed by atoms with Gasteiger partial charge in [0.2, 0.25) is 0 Å². The van der Waals surface area contributed by atoms with Crippen molar-refractivity contribution in [3.05, 3.63) is 100 Å². The number of ether oxygens (including phenoxy) is 1. The number of urea groups is 1. The number of amides is 4. The van der Waals surface area contributed by atoms with Gasteiger partial charge in [0.05, 0.1) is 25.1 Å². The monoisotopic (exact) mass is 667 g/mol. The standard InChI is InChI=1S/C24H13Br2Cl2N3O6/c25-14-7-13(21(18(26)9-14)37-11-12-1-3-15(4-2-12)31(35)36)8-17-22(32)29-24(34)30(23(17)33)16-5-6-19(27)20(28)10-16/h1-10H,11H2,(H,29,32,34)/b17-8+. The van der Waals surface area contributed by atoms with E-state index in [-0.39, 0.29) is 33.6 Å². The Morgan fingerprint density at radius 2 is 1.70 bits per heavy atom. The van der Waals surface area contributed by atoms with Crippen molar-refractivity contribution in [2.45, 2.75) is 6.61 Å². The summed E-state index contributed by atoms with van der Waals surface area (Å²) < 4.78 is 7.08. The van der Waals surface area contributed by atoms with Gasteiger partial charge in [-0.25, -0.2) is 9.69 Å². The van der Waals surface area contributed by atoms with E-state index < -0.39 is 22.8 Å². The number of rotatable bonds is 6. The first-order valence-corrected chi connectivity index (χ1v) is 12.6. The molecule has 3 aromatic rings. The Morgan fingerprint density at radius 1 is 1.00 bits per heavy atom. The summed E-state index contributed by atoms with van der Waals surface area (Å²) in [6.07, 6.45) is 1.30. The summed E-state index contributed by atoms with van der Waals surface area (Å²) in [6.45, 7) is 0.0441. The lowest BCUT2D eigenvalue weighted by Gasteiger charge is -2.26. The summed E-state index contributed by atoms with van der Waals surface area (Å²) in [5.41, 5.74) is 0.755. The van der Waals surface area contributed by atoms with Crippen LogP contribution in [0.2, 0.25) is 10.0 Å². The fraction of sp³-hybridized carbons (Fsp3) is 0.0417. The molecule has 0 atom stereocenters. The van der Waals surface area contributed by atoms with Crippen LogP contribution in [0.5, 0.6) is 5.75 Å². The summed E-state index contributed by atoms with van der Waals surface area (Å²) in [4.78, 5) is 49.6. The number of nitro benzene ring substituents is 1. The molecule has 13 heteroatoms. The quantitative estimate of drug-likeness (QED) is 0.136. The first-order chi connectivity index (χ1) is 17.5. The van der Waals surface area contributed by atoms with E-state index in [2.05, 4.69) is 37.2 Å².